The number of ether oxygens (including phenoxy) is 2. The van der Waals surface area contributed by atoms with Gasteiger partial charge in [0.1, 0.15) is 24.4 Å². The van der Waals surface area contributed by atoms with Crippen molar-refractivity contribution >= 4 is 0 Å². The summed E-state index contributed by atoms with van der Waals surface area (Å²) in [5.74, 6) is 0. The van der Waals surface area contributed by atoms with E-state index in [4.69, 9.17) is 14.6 Å². The first-order valence-electron chi connectivity index (χ1n) is 4.93. The van der Waals surface area contributed by atoms with Crippen LogP contribution in [-0.4, -0.2) is 63.8 Å². The molecule has 5 atom stereocenters. The van der Waals surface area contributed by atoms with Gasteiger partial charge in [0.15, 0.2) is 6.29 Å². The average Bonchev–Trinajstić information content (AvgIpc) is 2.18. The molecular formula is C9H18O6. The summed E-state index contributed by atoms with van der Waals surface area (Å²) in [6, 6.07) is 0. The van der Waals surface area contributed by atoms with Crippen molar-refractivity contribution in [2.45, 2.75) is 50.7 Å². The highest BCUT2D eigenvalue weighted by atomic mass is 16.7. The zero-order chi connectivity index (χ0) is 11.6. The van der Waals surface area contributed by atoms with Crippen LogP contribution in [0.15, 0.2) is 0 Å². The smallest absolute Gasteiger partial charge is 0.184 e. The summed E-state index contributed by atoms with van der Waals surface area (Å²) < 4.78 is 10.2. The third-order valence-electron chi connectivity index (χ3n) is 2.27. The predicted molar refractivity (Wildman–Crippen MR) is 50.0 cm³/mol. The summed E-state index contributed by atoms with van der Waals surface area (Å²) in [6.45, 7) is 3.13. The van der Waals surface area contributed by atoms with Crippen molar-refractivity contribution in [3.05, 3.63) is 0 Å². The van der Waals surface area contributed by atoms with Crippen LogP contribution in [0.25, 0.3) is 0 Å². The minimum atomic E-state index is -1.50. The third-order valence-corrected chi connectivity index (χ3v) is 2.27. The van der Waals surface area contributed by atoms with Gasteiger partial charge in [0, 0.05) is 0 Å². The van der Waals surface area contributed by atoms with Gasteiger partial charge in [0.05, 0.1) is 12.7 Å². The molecule has 1 heterocycles. The van der Waals surface area contributed by atoms with Crippen molar-refractivity contribution in [2.24, 2.45) is 0 Å². The minimum Gasteiger partial charge on any atom is -0.394 e. The highest BCUT2D eigenvalue weighted by Crippen LogP contribution is 2.23. The van der Waals surface area contributed by atoms with Crippen molar-refractivity contribution in [3.63, 3.8) is 0 Å². The van der Waals surface area contributed by atoms with E-state index in [-0.39, 0.29) is 6.10 Å². The monoisotopic (exact) mass is 222 g/mol. The third kappa shape index (κ3) is 2.87. The van der Waals surface area contributed by atoms with Gasteiger partial charge in [-0.1, -0.05) is 0 Å². The lowest BCUT2D eigenvalue weighted by atomic mass is 9.99. The van der Waals surface area contributed by atoms with Crippen LogP contribution in [0.1, 0.15) is 13.8 Å². The standard InChI is InChI=1S/C9H18O6/c1-4(2)14-8-5(3-10)15-9(13)7(12)6(8)11/h4-13H,3H2,1-2H3/t5-,6-,7-,8-,9+/m1/s1. The van der Waals surface area contributed by atoms with Crippen LogP contribution in [0.2, 0.25) is 0 Å². The van der Waals surface area contributed by atoms with Crippen molar-refractivity contribution in [1.29, 1.82) is 0 Å². The van der Waals surface area contributed by atoms with Gasteiger partial charge in [0.25, 0.3) is 0 Å². The first-order chi connectivity index (χ1) is 6.97. The Morgan fingerprint density at radius 2 is 1.80 bits per heavy atom. The van der Waals surface area contributed by atoms with E-state index in [2.05, 4.69) is 0 Å². The van der Waals surface area contributed by atoms with E-state index < -0.39 is 37.3 Å². The molecule has 0 aromatic rings. The van der Waals surface area contributed by atoms with Crippen LogP contribution in [-0.2, 0) is 9.47 Å². The zero-order valence-corrected chi connectivity index (χ0v) is 8.78. The minimum absolute atomic E-state index is 0.176. The second-order valence-corrected chi connectivity index (χ2v) is 3.88. The van der Waals surface area contributed by atoms with E-state index in [1.165, 1.54) is 0 Å². The molecule has 0 spiro atoms. The lowest BCUT2D eigenvalue weighted by Gasteiger charge is -2.40. The van der Waals surface area contributed by atoms with Crippen molar-refractivity contribution < 1.29 is 29.9 Å². The number of aliphatic hydroxyl groups excluding tert-OH is 4. The van der Waals surface area contributed by atoms with Gasteiger partial charge in [-0.25, -0.2) is 0 Å². The molecule has 0 radical (unpaired) electrons. The number of hydrogen-bond acceptors (Lipinski definition) is 6. The summed E-state index contributed by atoms with van der Waals surface area (Å²) >= 11 is 0. The molecule has 0 aromatic heterocycles. The molecule has 90 valence electrons. The predicted octanol–water partition coefficient (Wildman–Crippen LogP) is -1.79. The summed E-state index contributed by atoms with van der Waals surface area (Å²) in [5, 5.41) is 37.2. The highest BCUT2D eigenvalue weighted by Gasteiger charge is 2.44. The fourth-order valence-corrected chi connectivity index (χ4v) is 1.55. The molecule has 0 bridgehead atoms. The fraction of sp³-hybridized carbons (Fsp3) is 1.00. The zero-order valence-electron chi connectivity index (χ0n) is 8.78. The highest BCUT2D eigenvalue weighted by molar-refractivity contribution is 4.89. The van der Waals surface area contributed by atoms with Crippen LogP contribution in [0.4, 0.5) is 0 Å². The molecule has 6 nitrogen and oxygen atoms in total. The maximum absolute atomic E-state index is 9.63. The molecule has 0 aliphatic carbocycles. The normalized spacial score (nSPS) is 42.2. The first kappa shape index (κ1) is 12.8. The summed E-state index contributed by atoms with van der Waals surface area (Å²) in [7, 11) is 0. The summed E-state index contributed by atoms with van der Waals surface area (Å²) in [5.41, 5.74) is 0. The van der Waals surface area contributed by atoms with Crippen LogP contribution < -0.4 is 0 Å². The number of aliphatic hydroxyl groups is 4. The second-order valence-electron chi connectivity index (χ2n) is 3.88. The molecule has 0 amide bonds. The van der Waals surface area contributed by atoms with E-state index in [1.807, 2.05) is 0 Å². The van der Waals surface area contributed by atoms with E-state index in [0.717, 1.165) is 0 Å². The van der Waals surface area contributed by atoms with Gasteiger partial charge in [-0.3, -0.25) is 0 Å². The molecule has 15 heavy (non-hydrogen) atoms. The topological polar surface area (TPSA) is 99.4 Å². The van der Waals surface area contributed by atoms with E-state index in [0.29, 0.717) is 0 Å². The fourth-order valence-electron chi connectivity index (χ4n) is 1.55. The maximum Gasteiger partial charge on any atom is 0.184 e. The van der Waals surface area contributed by atoms with Gasteiger partial charge in [0.2, 0.25) is 0 Å². The van der Waals surface area contributed by atoms with Crippen LogP contribution in [0.5, 0.6) is 0 Å². The Balaban J connectivity index is 2.70. The Kier molecular flexibility index (Phi) is 4.45. The van der Waals surface area contributed by atoms with E-state index in [9.17, 15) is 15.3 Å². The molecule has 1 aliphatic heterocycles. The van der Waals surface area contributed by atoms with Crippen LogP contribution >= 0.6 is 0 Å². The quantitative estimate of drug-likeness (QED) is 0.450. The largest absolute Gasteiger partial charge is 0.394 e. The molecular weight excluding hydrogens is 204 g/mol. The van der Waals surface area contributed by atoms with Crippen molar-refractivity contribution in [3.8, 4) is 0 Å². The molecule has 1 fully saturated rings. The molecule has 0 saturated carbocycles. The molecule has 0 unspecified atom stereocenters. The Morgan fingerprint density at radius 1 is 1.20 bits per heavy atom. The SMILES string of the molecule is CC(C)O[C@H]1[C@H](O)[C@@H](O)[C@@H](O)O[C@@H]1CO. The van der Waals surface area contributed by atoms with Gasteiger partial charge < -0.3 is 29.9 Å². The van der Waals surface area contributed by atoms with E-state index >= 15 is 0 Å². The van der Waals surface area contributed by atoms with Crippen LogP contribution in [0.3, 0.4) is 0 Å². The van der Waals surface area contributed by atoms with Crippen molar-refractivity contribution in [2.75, 3.05) is 6.61 Å². The van der Waals surface area contributed by atoms with E-state index in [1.54, 1.807) is 13.8 Å². The van der Waals surface area contributed by atoms with Gasteiger partial charge in [-0.2, -0.15) is 0 Å². The lowest BCUT2D eigenvalue weighted by Crippen LogP contribution is -2.59. The van der Waals surface area contributed by atoms with Gasteiger partial charge in [-0.05, 0) is 13.8 Å². The average molecular weight is 222 g/mol. The summed E-state index contributed by atoms with van der Waals surface area (Å²) in [6.07, 6.45) is -6.03. The van der Waals surface area contributed by atoms with Crippen LogP contribution in [0, 0.1) is 0 Å². The molecule has 1 saturated heterocycles. The Bertz CT molecular complexity index is 195. The summed E-state index contributed by atoms with van der Waals surface area (Å²) in [4.78, 5) is 0. The lowest BCUT2D eigenvalue weighted by molar-refractivity contribution is -0.298. The molecule has 0 aromatic carbocycles. The number of rotatable bonds is 3. The Morgan fingerprint density at radius 3 is 2.27 bits per heavy atom. The maximum atomic E-state index is 9.63. The molecule has 4 N–H and O–H groups in total. The number of hydrogen-bond donors (Lipinski definition) is 4. The Labute approximate surface area is 88.1 Å². The van der Waals surface area contributed by atoms with Gasteiger partial charge >= 0.3 is 0 Å². The Hall–Kier alpha value is -0.240. The second kappa shape index (κ2) is 5.20. The molecule has 1 rings (SSSR count). The molecule has 6 heteroatoms. The van der Waals surface area contributed by atoms with Gasteiger partial charge in [-0.15, -0.1) is 0 Å². The first-order valence-corrected chi connectivity index (χ1v) is 4.93. The molecule has 1 aliphatic rings. The van der Waals surface area contributed by atoms with Crippen molar-refractivity contribution in [1.82, 2.24) is 0 Å².